The SMILES string of the molecule is Fc1nc(F)c(F)c(C(/C=N/[P+](CP(c2ccccc2)c2ccccc2)(c2ccccc2)c2ccccc2)=C(c2ccccc2)c2ccccc2)c1F. The van der Waals surface area contributed by atoms with Crippen LogP contribution >= 0.6 is 15.3 Å². The van der Waals surface area contributed by atoms with Crippen LogP contribution in [0, 0.1) is 23.5 Å². The van der Waals surface area contributed by atoms with Crippen molar-refractivity contribution in [1.82, 2.24) is 4.98 Å². The summed E-state index contributed by atoms with van der Waals surface area (Å²) in [7, 11) is -3.98. The first-order valence-electron chi connectivity index (χ1n) is 16.9. The van der Waals surface area contributed by atoms with E-state index in [0.29, 0.717) is 22.6 Å². The van der Waals surface area contributed by atoms with Crippen LogP contribution in [0.2, 0.25) is 0 Å². The Kier molecular flexibility index (Phi) is 11.1. The summed E-state index contributed by atoms with van der Waals surface area (Å²) in [6.45, 7) is 0. The standard InChI is InChI=1S/C45H33F4N2P2/c46-42-41(43(47)45(49)51-44(42)48)39(40(33-19-7-1-8-20-33)34-21-9-2-10-22-34)31-50-53(37-27-15-5-16-28-37,38-29-17-6-18-30-38)32-52(35-23-11-3-12-24-35)36-25-13-4-14-26-36/h1-31H,32H2/q+1/b50-31+. The minimum Gasteiger partial charge on any atom is -0.201 e. The zero-order chi connectivity index (χ0) is 36.6. The van der Waals surface area contributed by atoms with E-state index in [1.165, 1.54) is 6.21 Å². The Bertz CT molecular complexity index is 2200. The van der Waals surface area contributed by atoms with E-state index >= 15 is 17.6 Å². The summed E-state index contributed by atoms with van der Waals surface area (Å²) in [4.78, 5) is 2.89. The highest BCUT2D eigenvalue weighted by molar-refractivity contribution is 7.97. The molecule has 0 atom stereocenters. The summed E-state index contributed by atoms with van der Waals surface area (Å²) in [6, 6.07) is 58.4. The quantitative estimate of drug-likeness (QED) is 0.0561. The molecule has 0 amide bonds. The molecule has 0 unspecified atom stereocenters. The van der Waals surface area contributed by atoms with Gasteiger partial charge in [0.05, 0.1) is 11.8 Å². The summed E-state index contributed by atoms with van der Waals surface area (Å²) in [6.07, 6.45) is 1.44. The molecule has 0 N–H and O–H groups in total. The molecule has 53 heavy (non-hydrogen) atoms. The number of aromatic nitrogens is 1. The minimum absolute atomic E-state index is 0.113. The largest absolute Gasteiger partial charge is 0.252 e. The molecule has 0 fully saturated rings. The third kappa shape index (κ3) is 7.66. The summed E-state index contributed by atoms with van der Waals surface area (Å²) < 4.78 is 67.8. The van der Waals surface area contributed by atoms with Crippen LogP contribution in [0.25, 0.3) is 11.1 Å². The van der Waals surface area contributed by atoms with Gasteiger partial charge >= 0.3 is 0 Å². The molecule has 0 aliphatic heterocycles. The number of benzene rings is 6. The fourth-order valence-electron chi connectivity index (χ4n) is 6.39. The molecule has 1 heterocycles. The molecule has 1 aromatic heterocycles. The lowest BCUT2D eigenvalue weighted by molar-refractivity contribution is 0.404. The van der Waals surface area contributed by atoms with Crippen molar-refractivity contribution in [2.45, 2.75) is 0 Å². The van der Waals surface area contributed by atoms with E-state index in [0.717, 1.165) is 21.2 Å². The van der Waals surface area contributed by atoms with Crippen LogP contribution < -0.4 is 21.2 Å². The lowest BCUT2D eigenvalue weighted by atomic mass is 9.90. The number of hydrogen-bond acceptors (Lipinski definition) is 2. The van der Waals surface area contributed by atoms with Crippen molar-refractivity contribution >= 4 is 53.9 Å². The maximum atomic E-state index is 16.1. The summed E-state index contributed by atoms with van der Waals surface area (Å²) >= 11 is 0. The average Bonchev–Trinajstić information content (AvgIpc) is 3.22. The Morgan fingerprint density at radius 1 is 0.509 bits per heavy atom. The van der Waals surface area contributed by atoms with E-state index in [9.17, 15) is 0 Å². The first-order chi connectivity index (χ1) is 26.0. The van der Waals surface area contributed by atoms with Gasteiger partial charge in [0.25, 0.3) is 11.9 Å². The Morgan fingerprint density at radius 3 is 1.26 bits per heavy atom. The van der Waals surface area contributed by atoms with Gasteiger partial charge in [0.1, 0.15) is 16.5 Å². The van der Waals surface area contributed by atoms with Crippen LogP contribution in [-0.2, 0) is 0 Å². The van der Waals surface area contributed by atoms with Crippen LogP contribution in [0.5, 0.6) is 0 Å². The van der Waals surface area contributed by atoms with Crippen molar-refractivity contribution in [3.63, 3.8) is 0 Å². The number of rotatable bonds is 11. The topological polar surface area (TPSA) is 25.2 Å². The number of allylic oxidation sites excluding steroid dienone is 1. The molecule has 7 rings (SSSR count). The van der Waals surface area contributed by atoms with Gasteiger partial charge in [-0.2, -0.15) is 13.8 Å². The average molecular weight is 740 g/mol. The second-order valence-electron chi connectivity index (χ2n) is 12.1. The highest BCUT2D eigenvalue weighted by Crippen LogP contribution is 2.65. The van der Waals surface area contributed by atoms with E-state index in [1.54, 1.807) is 48.5 Å². The second kappa shape index (κ2) is 16.4. The molecular formula is C45H33F4N2P2+. The second-order valence-corrected chi connectivity index (χ2v) is 18.0. The van der Waals surface area contributed by atoms with Crippen molar-refractivity contribution in [1.29, 1.82) is 0 Å². The summed E-state index contributed by atoms with van der Waals surface area (Å²) in [5.74, 6) is -6.13. The molecule has 0 saturated heterocycles. The number of nitrogens with zero attached hydrogens (tertiary/aromatic N) is 2. The zero-order valence-corrected chi connectivity index (χ0v) is 30.2. The van der Waals surface area contributed by atoms with Crippen molar-refractivity contribution in [2.24, 2.45) is 4.76 Å². The maximum Gasteiger partial charge on any atom is 0.252 e. The minimum atomic E-state index is -2.92. The van der Waals surface area contributed by atoms with Gasteiger partial charge in [0.2, 0.25) is 7.41 Å². The van der Waals surface area contributed by atoms with Gasteiger partial charge in [-0.1, -0.05) is 158 Å². The Hall–Kier alpha value is -5.54. The predicted molar refractivity (Wildman–Crippen MR) is 214 cm³/mol. The molecule has 0 aliphatic rings. The third-order valence-electron chi connectivity index (χ3n) is 8.89. The Labute approximate surface area is 308 Å². The van der Waals surface area contributed by atoms with E-state index < -0.39 is 44.4 Å². The normalized spacial score (nSPS) is 11.6. The van der Waals surface area contributed by atoms with Crippen LogP contribution in [0.4, 0.5) is 17.6 Å². The molecule has 6 aromatic carbocycles. The fraction of sp³-hybridized carbons (Fsp3) is 0.0222. The third-order valence-corrected chi connectivity index (χ3v) is 16.3. The van der Waals surface area contributed by atoms with Crippen molar-refractivity contribution in [3.05, 3.63) is 222 Å². The van der Waals surface area contributed by atoms with Gasteiger partial charge in [-0.15, -0.1) is 4.76 Å². The molecule has 0 aliphatic carbocycles. The molecule has 2 nitrogen and oxygen atoms in total. The molecular weight excluding hydrogens is 706 g/mol. The zero-order valence-electron chi connectivity index (χ0n) is 28.4. The van der Waals surface area contributed by atoms with Crippen molar-refractivity contribution in [2.75, 3.05) is 5.90 Å². The molecule has 7 aromatic rings. The Morgan fingerprint density at radius 2 is 0.868 bits per heavy atom. The molecule has 0 spiro atoms. The Balaban J connectivity index is 1.59. The van der Waals surface area contributed by atoms with E-state index in [4.69, 9.17) is 4.76 Å². The van der Waals surface area contributed by atoms with Crippen molar-refractivity contribution < 1.29 is 17.6 Å². The van der Waals surface area contributed by atoms with Crippen LogP contribution in [0.15, 0.2) is 187 Å². The van der Waals surface area contributed by atoms with E-state index in [1.807, 2.05) is 109 Å². The van der Waals surface area contributed by atoms with Gasteiger partial charge in [-0.25, -0.2) is 8.78 Å². The number of hydrogen-bond donors (Lipinski definition) is 0. The van der Waals surface area contributed by atoms with Crippen LogP contribution in [0.3, 0.4) is 0 Å². The van der Waals surface area contributed by atoms with Gasteiger partial charge in [0, 0.05) is 5.57 Å². The monoisotopic (exact) mass is 739 g/mol. The lowest BCUT2D eigenvalue weighted by Crippen LogP contribution is -2.26. The fourth-order valence-corrected chi connectivity index (χ4v) is 14.5. The van der Waals surface area contributed by atoms with E-state index in [-0.39, 0.29) is 5.57 Å². The first kappa shape index (κ1) is 35.8. The number of halogens is 4. The van der Waals surface area contributed by atoms with Gasteiger partial charge in [-0.05, 0) is 59.5 Å². The van der Waals surface area contributed by atoms with Crippen LogP contribution in [0.1, 0.15) is 16.7 Å². The molecule has 260 valence electrons. The van der Waals surface area contributed by atoms with Gasteiger partial charge < -0.3 is 0 Å². The van der Waals surface area contributed by atoms with Gasteiger partial charge in [0.15, 0.2) is 11.6 Å². The van der Waals surface area contributed by atoms with Crippen molar-refractivity contribution in [3.8, 4) is 0 Å². The highest BCUT2D eigenvalue weighted by atomic mass is 31.2. The van der Waals surface area contributed by atoms with Gasteiger partial charge in [-0.3, -0.25) is 0 Å². The van der Waals surface area contributed by atoms with Crippen LogP contribution in [-0.4, -0.2) is 17.1 Å². The number of pyridine rings is 1. The summed E-state index contributed by atoms with van der Waals surface area (Å²) in [5, 5.41) is 4.16. The first-order valence-corrected chi connectivity index (χ1v) is 20.4. The molecule has 0 bridgehead atoms. The molecule has 8 heteroatoms. The molecule has 0 saturated carbocycles. The maximum absolute atomic E-state index is 16.1. The van der Waals surface area contributed by atoms with E-state index in [2.05, 4.69) is 29.2 Å². The molecule has 0 radical (unpaired) electrons. The lowest BCUT2D eigenvalue weighted by Gasteiger charge is -2.28. The highest BCUT2D eigenvalue weighted by Gasteiger charge is 2.46. The smallest absolute Gasteiger partial charge is 0.201 e. The predicted octanol–water partition coefficient (Wildman–Crippen LogP) is 10.3. The summed E-state index contributed by atoms with van der Waals surface area (Å²) in [5.41, 5.74) is 0.517.